The first-order chi connectivity index (χ1) is 26.3. The summed E-state index contributed by atoms with van der Waals surface area (Å²) in [6.07, 6.45) is 9.61. The predicted molar refractivity (Wildman–Crippen MR) is 201 cm³/mol. The third-order valence-electron chi connectivity index (χ3n) is 9.16. The van der Waals surface area contributed by atoms with Crippen LogP contribution in [0.15, 0.2) is 95.2 Å². The van der Waals surface area contributed by atoms with Crippen molar-refractivity contribution in [1.29, 1.82) is 0 Å². The molecule has 0 atom stereocenters. The number of nitrogens with zero attached hydrogens (tertiary/aromatic N) is 4. The topological polar surface area (TPSA) is 165 Å². The van der Waals surface area contributed by atoms with Gasteiger partial charge >= 0.3 is 0 Å². The Bertz CT molecular complexity index is 2290. The Morgan fingerprint density at radius 1 is 0.667 bits per heavy atom. The number of aromatic nitrogens is 4. The first-order valence-electron chi connectivity index (χ1n) is 17.6. The van der Waals surface area contributed by atoms with Crippen molar-refractivity contribution in [1.82, 2.24) is 29.7 Å². The molecule has 14 nitrogen and oxygen atoms in total. The maximum Gasteiger partial charge on any atom is 0.256 e. The van der Waals surface area contributed by atoms with Crippen LogP contribution in [0.1, 0.15) is 45.8 Å². The molecule has 0 bridgehead atoms. The lowest BCUT2D eigenvalue weighted by Crippen LogP contribution is -2.31. The van der Waals surface area contributed by atoms with Crippen LogP contribution in [0.2, 0.25) is 0 Å². The third-order valence-corrected chi connectivity index (χ3v) is 9.16. The zero-order valence-electron chi connectivity index (χ0n) is 29.8. The number of carbonyl (C=O) groups is 2. The molecule has 4 aromatic heterocycles. The van der Waals surface area contributed by atoms with Gasteiger partial charge in [0, 0.05) is 81.4 Å². The Kier molecular flexibility index (Phi) is 10.5. The second kappa shape index (κ2) is 15.9. The van der Waals surface area contributed by atoms with Crippen molar-refractivity contribution in [3.63, 3.8) is 0 Å². The lowest BCUT2D eigenvalue weighted by molar-refractivity contribution is 0.0944. The summed E-state index contributed by atoms with van der Waals surface area (Å²) in [4.78, 5) is 59.2. The number of benzene rings is 2. The number of hydrogen-bond donors (Lipinski definition) is 2. The second-order valence-corrected chi connectivity index (χ2v) is 12.4. The Hall–Kier alpha value is -6.70. The molecule has 54 heavy (non-hydrogen) atoms. The molecule has 2 aliphatic heterocycles. The molecule has 2 amide bonds. The average molecular weight is 731 g/mol. The quantitative estimate of drug-likeness (QED) is 0.208. The van der Waals surface area contributed by atoms with E-state index in [2.05, 4.69) is 20.6 Å². The Labute approximate surface area is 309 Å². The van der Waals surface area contributed by atoms with Crippen molar-refractivity contribution in [3.05, 3.63) is 128 Å². The van der Waals surface area contributed by atoms with E-state index in [4.69, 9.17) is 18.9 Å². The van der Waals surface area contributed by atoms with Crippen molar-refractivity contribution in [3.8, 4) is 23.0 Å². The summed E-state index contributed by atoms with van der Waals surface area (Å²) in [5.74, 6) is 1.50. The number of carbonyl (C=O) groups excluding carboxylic acids is 2. The average Bonchev–Trinajstić information content (AvgIpc) is 3.87. The van der Waals surface area contributed by atoms with Crippen molar-refractivity contribution in [2.75, 3.05) is 26.7 Å². The van der Waals surface area contributed by atoms with Gasteiger partial charge in [0.25, 0.3) is 11.8 Å². The van der Waals surface area contributed by atoms with Crippen LogP contribution in [0.4, 0.5) is 0 Å². The van der Waals surface area contributed by atoms with Gasteiger partial charge in [-0.25, -0.2) is 0 Å². The fourth-order valence-corrected chi connectivity index (χ4v) is 6.32. The van der Waals surface area contributed by atoms with E-state index in [1.165, 1.54) is 0 Å². The minimum atomic E-state index is -0.391. The zero-order chi connectivity index (χ0) is 37.6. The highest BCUT2D eigenvalue weighted by Crippen LogP contribution is 2.36. The lowest BCUT2D eigenvalue weighted by atomic mass is 10.1. The molecule has 6 aromatic rings. The van der Waals surface area contributed by atoms with Gasteiger partial charge in [0.15, 0.2) is 23.0 Å². The van der Waals surface area contributed by atoms with Gasteiger partial charge in [-0.15, -0.1) is 0 Å². The molecule has 0 radical (unpaired) electrons. The highest BCUT2D eigenvalue weighted by molar-refractivity contribution is 5.98. The minimum Gasteiger partial charge on any atom is -0.454 e. The molecule has 6 heterocycles. The molecule has 0 fully saturated rings. The van der Waals surface area contributed by atoms with Crippen molar-refractivity contribution >= 4 is 33.6 Å². The molecule has 2 N–H and O–H groups in total. The smallest absolute Gasteiger partial charge is 0.256 e. The molecule has 14 heteroatoms. The van der Waals surface area contributed by atoms with Crippen LogP contribution >= 0.6 is 0 Å². The highest BCUT2D eigenvalue weighted by Gasteiger charge is 2.22. The second-order valence-electron chi connectivity index (χ2n) is 12.4. The summed E-state index contributed by atoms with van der Waals surface area (Å²) in [6, 6.07) is 16.3. The number of rotatable bonds is 10. The van der Waals surface area contributed by atoms with Crippen LogP contribution < -0.4 is 40.4 Å². The maximum atomic E-state index is 12.9. The van der Waals surface area contributed by atoms with Crippen molar-refractivity contribution < 1.29 is 28.5 Å². The Balaban J connectivity index is 0.000000167. The third kappa shape index (κ3) is 7.44. The van der Waals surface area contributed by atoms with Crippen LogP contribution in [0.25, 0.3) is 21.8 Å². The van der Waals surface area contributed by atoms with E-state index in [1.54, 1.807) is 55.2 Å². The molecule has 0 saturated carbocycles. The predicted octanol–water partition coefficient (Wildman–Crippen LogP) is 4.24. The van der Waals surface area contributed by atoms with E-state index in [0.29, 0.717) is 72.8 Å². The molecule has 276 valence electrons. The molecular weight excluding hydrogens is 692 g/mol. The number of pyridine rings is 4. The van der Waals surface area contributed by atoms with E-state index in [1.807, 2.05) is 53.3 Å². The number of ether oxygens (including phenoxy) is 4. The van der Waals surface area contributed by atoms with Gasteiger partial charge in [-0.05, 0) is 62.2 Å². The van der Waals surface area contributed by atoms with Crippen LogP contribution in [-0.2, 0) is 25.9 Å². The van der Waals surface area contributed by atoms with E-state index in [0.717, 1.165) is 22.3 Å². The fraction of sp³-hybridized carbons (Fsp3) is 0.250. The van der Waals surface area contributed by atoms with Gasteiger partial charge in [-0.2, -0.15) is 0 Å². The van der Waals surface area contributed by atoms with Crippen molar-refractivity contribution in [2.24, 2.45) is 0 Å². The molecule has 8 rings (SSSR count). The normalized spacial score (nSPS) is 12.3. The largest absolute Gasteiger partial charge is 0.454 e. The standard InChI is InChI=1S/2C20H19N3O4/c1-2-23-11-15(20(25)22-8-5-13-3-6-21-7-4-13)19(24)14-9-17-18(10-16(14)23)27-12-26-17;1-2-23-11-15(20(25)22-8-6-13-5-3-4-7-21-13)19(24)14-9-17-18(10-16(14)23)27-12-26-17/h3-4,6-7,9-11H,2,5,8,12H2,1H3,(H,22,25);3-5,7,9-11H,2,6,8,12H2,1H3,(H,22,25). The van der Waals surface area contributed by atoms with Gasteiger partial charge in [-0.1, -0.05) is 6.07 Å². The molecule has 0 unspecified atom stereocenters. The Morgan fingerprint density at radius 3 is 1.65 bits per heavy atom. The van der Waals surface area contributed by atoms with Crippen LogP contribution in [0.3, 0.4) is 0 Å². The summed E-state index contributed by atoms with van der Waals surface area (Å²) in [6.45, 7) is 6.25. The number of aryl methyl sites for hydroxylation is 2. The maximum absolute atomic E-state index is 12.9. The molecule has 0 saturated heterocycles. The van der Waals surface area contributed by atoms with E-state index in [-0.39, 0.29) is 41.5 Å². The van der Waals surface area contributed by atoms with E-state index in [9.17, 15) is 19.2 Å². The number of hydrogen-bond acceptors (Lipinski definition) is 10. The lowest BCUT2D eigenvalue weighted by Gasteiger charge is -2.12. The summed E-state index contributed by atoms with van der Waals surface area (Å²) < 4.78 is 25.3. The number of nitrogens with one attached hydrogen (secondary N) is 2. The first-order valence-corrected chi connectivity index (χ1v) is 17.6. The zero-order valence-corrected chi connectivity index (χ0v) is 29.8. The molecule has 2 aromatic carbocycles. The number of amides is 2. The van der Waals surface area contributed by atoms with Gasteiger partial charge in [-0.3, -0.25) is 29.1 Å². The monoisotopic (exact) mass is 730 g/mol. The molecule has 0 spiro atoms. The highest BCUT2D eigenvalue weighted by atomic mass is 16.7. The summed E-state index contributed by atoms with van der Waals surface area (Å²) >= 11 is 0. The Morgan fingerprint density at radius 2 is 1.17 bits per heavy atom. The van der Waals surface area contributed by atoms with Gasteiger partial charge in [0.1, 0.15) is 11.1 Å². The van der Waals surface area contributed by atoms with E-state index >= 15 is 0 Å². The number of fused-ring (bicyclic) bond motifs is 4. The summed E-state index contributed by atoms with van der Waals surface area (Å²) in [5.41, 5.74) is 3.01. The minimum absolute atomic E-state index is 0.115. The van der Waals surface area contributed by atoms with Crippen LogP contribution in [0, 0.1) is 0 Å². The van der Waals surface area contributed by atoms with E-state index < -0.39 is 5.91 Å². The van der Waals surface area contributed by atoms with Gasteiger partial charge in [0.05, 0.1) is 21.8 Å². The van der Waals surface area contributed by atoms with Crippen LogP contribution in [0.5, 0.6) is 23.0 Å². The summed E-state index contributed by atoms with van der Waals surface area (Å²) in [5, 5.41) is 6.53. The summed E-state index contributed by atoms with van der Waals surface area (Å²) in [7, 11) is 0. The van der Waals surface area contributed by atoms with Crippen LogP contribution in [-0.4, -0.2) is 57.6 Å². The SMILES string of the molecule is CCn1cc(C(=O)NCCc2ccccn2)c(=O)c2cc3c(cc21)OCO3.CCn1cc(C(=O)NCCc2ccncc2)c(=O)c2cc3c(cc21)OCO3. The van der Waals surface area contributed by atoms with Gasteiger partial charge in [0.2, 0.25) is 24.4 Å². The van der Waals surface area contributed by atoms with Gasteiger partial charge < -0.3 is 38.7 Å². The molecular formula is C40H38N6O8. The first kappa shape index (κ1) is 35.7. The molecule has 2 aliphatic rings. The fourth-order valence-electron chi connectivity index (χ4n) is 6.32. The van der Waals surface area contributed by atoms with Crippen molar-refractivity contribution in [2.45, 2.75) is 39.8 Å². The molecule has 0 aliphatic carbocycles.